The van der Waals surface area contributed by atoms with Gasteiger partial charge in [0.1, 0.15) is 12.0 Å². The summed E-state index contributed by atoms with van der Waals surface area (Å²) in [6.07, 6.45) is 3.18. The third-order valence-corrected chi connectivity index (χ3v) is 7.76. The second-order valence-corrected chi connectivity index (χ2v) is 10.9. The van der Waals surface area contributed by atoms with Gasteiger partial charge in [-0.1, -0.05) is 30.3 Å². The summed E-state index contributed by atoms with van der Waals surface area (Å²) >= 11 is 0. The topological polar surface area (TPSA) is 121 Å². The Hall–Kier alpha value is -3.58. The van der Waals surface area contributed by atoms with Crippen LogP contribution in [0.4, 0.5) is 4.39 Å². The van der Waals surface area contributed by atoms with Crippen molar-refractivity contribution in [2.45, 2.75) is 77.5 Å². The minimum atomic E-state index is -1.11. The van der Waals surface area contributed by atoms with E-state index in [1.807, 2.05) is 32.9 Å². The highest BCUT2D eigenvalue weighted by Gasteiger charge is 2.46. The zero-order chi connectivity index (χ0) is 28.3. The molecule has 1 fully saturated rings. The smallest absolute Gasteiger partial charge is 0.240 e. The Morgan fingerprint density at radius 2 is 2.08 bits per heavy atom. The van der Waals surface area contributed by atoms with Crippen LogP contribution in [0.2, 0.25) is 0 Å². The number of allylic oxidation sites excluding steroid dienone is 1. The van der Waals surface area contributed by atoms with E-state index in [0.29, 0.717) is 30.4 Å². The fourth-order valence-electron chi connectivity index (χ4n) is 5.45. The largest absolute Gasteiger partial charge is 0.374 e. The van der Waals surface area contributed by atoms with Crippen molar-refractivity contribution in [1.29, 1.82) is 5.26 Å². The van der Waals surface area contributed by atoms with Crippen LogP contribution in [0.3, 0.4) is 0 Å². The number of nitrogens with zero attached hydrogens (tertiary/aromatic N) is 3. The van der Waals surface area contributed by atoms with Crippen molar-refractivity contribution >= 4 is 12.1 Å². The molecule has 0 spiro atoms. The predicted molar refractivity (Wildman–Crippen MR) is 147 cm³/mol. The summed E-state index contributed by atoms with van der Waals surface area (Å²) in [7, 11) is 0. The average Bonchev–Trinajstić information content (AvgIpc) is 3.36. The fraction of sp³-hybridized carbons (Fsp3) is 0.433. The van der Waals surface area contributed by atoms with E-state index in [1.54, 1.807) is 42.3 Å². The SMILES string of the molecule is Cc1cc(C(O)N[C@H](C)C(=O)N2[C@H](c3cccc(F)c3)CC[C@@H]2C(C)(C)C#N)ccc1CC1=CC=NNC1O. The number of nitrogens with one attached hydrogen (secondary N) is 2. The van der Waals surface area contributed by atoms with E-state index in [2.05, 4.69) is 21.9 Å². The molecule has 39 heavy (non-hydrogen) atoms. The number of hydrogen-bond acceptors (Lipinski definition) is 7. The number of amides is 1. The van der Waals surface area contributed by atoms with Gasteiger partial charge in [0.2, 0.25) is 5.91 Å². The molecule has 5 atom stereocenters. The van der Waals surface area contributed by atoms with Gasteiger partial charge in [0.15, 0.2) is 6.23 Å². The van der Waals surface area contributed by atoms with Crippen LogP contribution in [0, 0.1) is 29.5 Å². The van der Waals surface area contributed by atoms with Gasteiger partial charge >= 0.3 is 0 Å². The maximum Gasteiger partial charge on any atom is 0.240 e. The van der Waals surface area contributed by atoms with E-state index in [1.165, 1.54) is 12.1 Å². The summed E-state index contributed by atoms with van der Waals surface area (Å²) in [6.45, 7) is 7.25. The lowest BCUT2D eigenvalue weighted by Crippen LogP contribution is -2.52. The maximum absolute atomic E-state index is 14.1. The number of halogens is 1. The summed E-state index contributed by atoms with van der Waals surface area (Å²) in [5, 5.41) is 37.7. The second-order valence-electron chi connectivity index (χ2n) is 10.9. The normalized spacial score (nSPS) is 22.6. The molecule has 2 aliphatic rings. The number of hydrogen-bond donors (Lipinski definition) is 4. The third-order valence-electron chi connectivity index (χ3n) is 7.76. The summed E-state index contributed by atoms with van der Waals surface area (Å²) in [5.74, 6) is -0.628. The Labute approximate surface area is 228 Å². The Morgan fingerprint density at radius 3 is 2.74 bits per heavy atom. The average molecular weight is 534 g/mol. The van der Waals surface area contributed by atoms with Crippen molar-refractivity contribution in [3.05, 3.63) is 82.2 Å². The monoisotopic (exact) mass is 533 g/mol. The highest BCUT2D eigenvalue weighted by atomic mass is 19.1. The van der Waals surface area contributed by atoms with E-state index < -0.39 is 23.9 Å². The number of benzene rings is 2. The van der Waals surface area contributed by atoms with Crippen molar-refractivity contribution < 1.29 is 19.4 Å². The molecule has 206 valence electrons. The fourth-order valence-corrected chi connectivity index (χ4v) is 5.45. The molecule has 2 heterocycles. The summed E-state index contributed by atoms with van der Waals surface area (Å²) < 4.78 is 14.1. The first-order valence-electron chi connectivity index (χ1n) is 13.2. The van der Waals surface area contributed by atoms with E-state index >= 15 is 0 Å². The number of likely N-dealkylation sites (tertiary alicyclic amines) is 1. The molecule has 2 aromatic rings. The van der Waals surface area contributed by atoms with Gasteiger partial charge < -0.3 is 15.1 Å². The van der Waals surface area contributed by atoms with Gasteiger partial charge in [-0.2, -0.15) is 10.4 Å². The maximum atomic E-state index is 14.1. The first-order chi connectivity index (χ1) is 18.5. The van der Waals surface area contributed by atoms with Crippen LogP contribution in [0.25, 0.3) is 0 Å². The molecule has 2 aromatic carbocycles. The van der Waals surface area contributed by atoms with E-state index in [0.717, 1.165) is 16.7 Å². The number of rotatable bonds is 8. The van der Waals surface area contributed by atoms with Crippen LogP contribution < -0.4 is 10.7 Å². The lowest BCUT2D eigenvalue weighted by molar-refractivity contribution is -0.138. The highest BCUT2D eigenvalue weighted by Crippen LogP contribution is 2.43. The Bertz CT molecular complexity index is 1320. The van der Waals surface area contributed by atoms with E-state index in [9.17, 15) is 24.7 Å². The summed E-state index contributed by atoms with van der Waals surface area (Å²) in [4.78, 5) is 15.5. The van der Waals surface area contributed by atoms with Crippen LogP contribution in [-0.2, 0) is 11.2 Å². The number of aliphatic hydroxyl groups is 2. The number of hydrazone groups is 1. The van der Waals surface area contributed by atoms with Crippen LogP contribution in [0.5, 0.6) is 0 Å². The van der Waals surface area contributed by atoms with Crippen molar-refractivity contribution in [3.8, 4) is 6.07 Å². The van der Waals surface area contributed by atoms with Gasteiger partial charge in [-0.05, 0) is 93.0 Å². The van der Waals surface area contributed by atoms with Gasteiger partial charge in [-0.3, -0.25) is 15.5 Å². The molecular weight excluding hydrogens is 497 g/mol. The summed E-state index contributed by atoms with van der Waals surface area (Å²) in [6, 6.07) is 12.6. The number of carbonyl (C=O) groups excluding carboxylic acids is 1. The molecule has 9 heteroatoms. The van der Waals surface area contributed by atoms with E-state index in [-0.39, 0.29) is 23.8 Å². The standard InChI is InChI=1S/C30H36FN5O3/c1-18-14-22(9-8-20(18)15-23-12-13-33-35-28(23)38)27(37)34-19(2)29(39)36-25(21-6-5-7-24(31)16-21)10-11-26(36)30(3,4)17-32/h5-9,12-14,16,19,25-28,34-35,37-38H,10-11,15H2,1-4H3/t19-,25+,26-,27?,28?/m1/s1. The van der Waals surface area contributed by atoms with Gasteiger partial charge in [0.05, 0.1) is 29.6 Å². The molecule has 0 radical (unpaired) electrons. The van der Waals surface area contributed by atoms with Crippen LogP contribution >= 0.6 is 0 Å². The Kier molecular flexibility index (Phi) is 8.50. The molecule has 4 N–H and O–H groups in total. The lowest BCUT2D eigenvalue weighted by Gasteiger charge is -2.38. The lowest BCUT2D eigenvalue weighted by atomic mass is 9.84. The number of aliphatic hydroxyl groups excluding tert-OH is 2. The molecule has 2 aliphatic heterocycles. The quantitative estimate of drug-likeness (QED) is 0.384. The van der Waals surface area contributed by atoms with E-state index in [4.69, 9.17) is 0 Å². The molecule has 0 bridgehead atoms. The molecule has 8 nitrogen and oxygen atoms in total. The first kappa shape index (κ1) is 28.4. The van der Waals surface area contributed by atoms with Crippen molar-refractivity contribution in [2.24, 2.45) is 10.5 Å². The van der Waals surface area contributed by atoms with Crippen molar-refractivity contribution in [3.63, 3.8) is 0 Å². The van der Waals surface area contributed by atoms with Gasteiger partial charge in [-0.15, -0.1) is 0 Å². The van der Waals surface area contributed by atoms with Gasteiger partial charge in [0, 0.05) is 6.21 Å². The first-order valence-corrected chi connectivity index (χ1v) is 13.2. The predicted octanol–water partition coefficient (Wildman–Crippen LogP) is 3.76. The van der Waals surface area contributed by atoms with Crippen LogP contribution in [0.15, 0.2) is 59.2 Å². The van der Waals surface area contributed by atoms with Crippen LogP contribution in [-0.4, -0.2) is 45.5 Å². The Morgan fingerprint density at radius 1 is 1.31 bits per heavy atom. The molecule has 0 saturated carbocycles. The van der Waals surface area contributed by atoms with Crippen LogP contribution in [0.1, 0.15) is 68.1 Å². The minimum absolute atomic E-state index is 0.255. The molecule has 1 saturated heterocycles. The highest BCUT2D eigenvalue weighted by molar-refractivity contribution is 5.83. The van der Waals surface area contributed by atoms with Crippen molar-refractivity contribution in [2.75, 3.05) is 0 Å². The molecule has 0 aliphatic carbocycles. The second kappa shape index (κ2) is 11.7. The number of aryl methyl sites for hydroxylation is 1. The van der Waals surface area contributed by atoms with Gasteiger partial charge in [0.25, 0.3) is 0 Å². The number of carbonyl (C=O) groups is 1. The third kappa shape index (κ3) is 6.19. The Balaban J connectivity index is 1.51. The number of nitriles is 1. The molecule has 0 aromatic heterocycles. The van der Waals surface area contributed by atoms with Crippen molar-refractivity contribution in [1.82, 2.24) is 15.6 Å². The molecule has 4 rings (SSSR count). The zero-order valence-electron chi connectivity index (χ0n) is 22.7. The summed E-state index contributed by atoms with van der Waals surface area (Å²) in [5.41, 5.74) is 5.83. The molecule has 1 amide bonds. The van der Waals surface area contributed by atoms with Gasteiger partial charge in [-0.25, -0.2) is 4.39 Å². The minimum Gasteiger partial charge on any atom is -0.374 e. The zero-order valence-corrected chi connectivity index (χ0v) is 22.7. The molecular formula is C30H36FN5O3. The molecule has 2 unspecified atom stereocenters.